The highest BCUT2D eigenvalue weighted by Gasteiger charge is 2.36. The lowest BCUT2D eigenvalue weighted by Gasteiger charge is -2.18. The number of hydrogen-bond donors (Lipinski definition) is 1. The molecule has 1 aromatic carbocycles. The Kier molecular flexibility index (Phi) is 2.15. The third-order valence-electron chi connectivity index (χ3n) is 3.17. The Bertz CT molecular complexity index is 475. The molecule has 1 heterocycles. The van der Waals surface area contributed by atoms with Gasteiger partial charge < -0.3 is 15.2 Å². The first-order valence-electron chi connectivity index (χ1n) is 5.33. The zero-order valence-electron chi connectivity index (χ0n) is 9.19. The Labute approximate surface area is 105 Å². The number of rotatable bonds is 0. The lowest BCUT2D eigenvalue weighted by Crippen LogP contribution is -2.40. The van der Waals surface area contributed by atoms with Crippen molar-refractivity contribution in [1.82, 2.24) is 0 Å². The van der Waals surface area contributed by atoms with Gasteiger partial charge in [0.25, 0.3) is 0 Å². The Hall–Kier alpha value is -0.960. The van der Waals surface area contributed by atoms with E-state index in [9.17, 15) is 0 Å². The van der Waals surface area contributed by atoms with Gasteiger partial charge in [-0.25, -0.2) is 0 Å². The van der Waals surface area contributed by atoms with Crippen molar-refractivity contribution < 1.29 is 9.47 Å². The van der Waals surface area contributed by atoms with Crippen LogP contribution in [0.5, 0.6) is 11.5 Å². The predicted octanol–water partition coefficient (Wildman–Crippen LogP) is -2.58. The van der Waals surface area contributed by atoms with Gasteiger partial charge in [-0.1, -0.05) is 0 Å². The second-order valence-electron chi connectivity index (χ2n) is 4.54. The molecule has 0 amide bonds. The van der Waals surface area contributed by atoms with Gasteiger partial charge in [0, 0.05) is 6.04 Å². The average molecular weight is 216 g/mol. The highest BCUT2D eigenvalue weighted by atomic mass is 16.7. The Morgan fingerprint density at radius 1 is 1.00 bits per heavy atom. The lowest BCUT2D eigenvalue weighted by atomic mass is 9.76. The third kappa shape index (κ3) is 1.52. The summed E-state index contributed by atoms with van der Waals surface area (Å²) >= 11 is 0. The molecule has 1 aliphatic carbocycles. The molecule has 0 saturated carbocycles. The summed E-state index contributed by atoms with van der Waals surface area (Å²) in [4.78, 5) is 0. The smallest absolute Gasteiger partial charge is 0.175 e. The maximum absolute atomic E-state index is 6.01. The molecule has 0 saturated heterocycles. The van der Waals surface area contributed by atoms with Crippen LogP contribution in [-0.4, -0.2) is 43.0 Å². The topological polar surface area (TPSA) is 44.5 Å². The fourth-order valence-corrected chi connectivity index (χ4v) is 2.45. The van der Waals surface area contributed by atoms with E-state index in [0.717, 1.165) is 11.1 Å². The van der Waals surface area contributed by atoms with Crippen LogP contribution < -0.4 is 26.1 Å². The van der Waals surface area contributed by atoms with E-state index in [1.54, 1.807) is 0 Å². The Morgan fingerprint density at radius 3 is 1.82 bits per heavy atom. The highest BCUT2D eigenvalue weighted by molar-refractivity contribution is 6.43. The molecule has 2 aliphatic rings. The van der Waals surface area contributed by atoms with E-state index in [4.69, 9.17) is 46.6 Å². The summed E-state index contributed by atoms with van der Waals surface area (Å²) < 4.78 is 10.5. The monoisotopic (exact) mass is 217 g/mol. The molecule has 0 atom stereocenters. The van der Waals surface area contributed by atoms with Crippen LogP contribution >= 0.6 is 0 Å². The van der Waals surface area contributed by atoms with Gasteiger partial charge in [-0.15, -0.1) is 0 Å². The molecule has 8 radical (unpaired) electrons. The number of fused-ring (bicyclic) bond motifs is 2. The fourth-order valence-electron chi connectivity index (χ4n) is 2.45. The van der Waals surface area contributed by atoms with Crippen LogP contribution in [0.1, 0.15) is 11.1 Å². The summed E-state index contributed by atoms with van der Waals surface area (Å²) in [6.45, 7) is 0. The van der Waals surface area contributed by atoms with Crippen LogP contribution in [0.4, 0.5) is 0 Å². The van der Waals surface area contributed by atoms with Gasteiger partial charge >= 0.3 is 0 Å². The first kappa shape index (κ1) is 11.1. The molecule has 1 aromatic rings. The van der Waals surface area contributed by atoms with Crippen molar-refractivity contribution in [3.05, 3.63) is 11.1 Å². The van der Waals surface area contributed by atoms with Crippen LogP contribution in [0.25, 0.3) is 0 Å². The number of nitrogens with two attached hydrogens (primary N) is 1. The van der Waals surface area contributed by atoms with Crippen molar-refractivity contribution in [3.63, 3.8) is 0 Å². The van der Waals surface area contributed by atoms with Gasteiger partial charge in [-0.3, -0.25) is 0 Å². The molecule has 0 aromatic heterocycles. The zero-order chi connectivity index (χ0) is 12.4. The van der Waals surface area contributed by atoms with E-state index in [1.165, 1.54) is 0 Å². The van der Waals surface area contributed by atoms with E-state index < -0.39 is 5.59 Å². The van der Waals surface area contributed by atoms with Gasteiger partial charge in [0.15, 0.2) is 32.8 Å². The average Bonchev–Trinajstić information content (AvgIpc) is 2.75. The quantitative estimate of drug-likeness (QED) is 0.485. The lowest BCUT2D eigenvalue weighted by molar-refractivity contribution is 0.0844. The van der Waals surface area contributed by atoms with Gasteiger partial charge in [0.2, 0.25) is 0 Å². The molecular formula is C10H7B4NO2. The van der Waals surface area contributed by atoms with E-state index >= 15 is 0 Å². The SMILES string of the molecule is [B]c1c2c(c([B])c3c1OC([B])([B])O3)CC(N)C2. The van der Waals surface area contributed by atoms with Crippen LogP contribution in [0, 0.1) is 0 Å². The number of benzene rings is 1. The minimum Gasteiger partial charge on any atom is -0.469 e. The zero-order valence-corrected chi connectivity index (χ0v) is 9.19. The molecule has 0 bridgehead atoms. The normalized spacial score (nSPS) is 20.5. The van der Waals surface area contributed by atoms with Gasteiger partial charge in [-0.2, -0.15) is 0 Å². The van der Waals surface area contributed by atoms with Crippen LogP contribution in [0.2, 0.25) is 0 Å². The number of hydrogen-bond acceptors (Lipinski definition) is 3. The van der Waals surface area contributed by atoms with Crippen LogP contribution in [0.3, 0.4) is 0 Å². The summed E-state index contributed by atoms with van der Waals surface area (Å²) in [6, 6.07) is 0.0256. The van der Waals surface area contributed by atoms with Crippen LogP contribution in [-0.2, 0) is 12.8 Å². The molecule has 0 spiro atoms. The van der Waals surface area contributed by atoms with Crippen molar-refractivity contribution >= 4 is 42.3 Å². The van der Waals surface area contributed by atoms with Crippen molar-refractivity contribution in [2.75, 3.05) is 0 Å². The van der Waals surface area contributed by atoms with Crippen molar-refractivity contribution in [2.45, 2.75) is 24.5 Å². The Balaban J connectivity index is 2.21. The minimum absolute atomic E-state index is 0.0256. The molecular weight excluding hydrogens is 209 g/mol. The maximum atomic E-state index is 6.01. The minimum atomic E-state index is -1.71. The first-order chi connectivity index (χ1) is 7.89. The summed E-state index contributed by atoms with van der Waals surface area (Å²) in [5, 5.41) is 0. The summed E-state index contributed by atoms with van der Waals surface area (Å²) in [7, 11) is 23.1. The largest absolute Gasteiger partial charge is 0.469 e. The van der Waals surface area contributed by atoms with E-state index in [-0.39, 0.29) is 6.04 Å². The highest BCUT2D eigenvalue weighted by Crippen LogP contribution is 2.37. The van der Waals surface area contributed by atoms with Crippen molar-refractivity contribution in [2.24, 2.45) is 5.73 Å². The van der Waals surface area contributed by atoms with E-state index in [1.807, 2.05) is 0 Å². The molecule has 1 aliphatic heterocycles. The molecule has 17 heavy (non-hydrogen) atoms. The molecule has 3 rings (SSSR count). The molecule has 76 valence electrons. The van der Waals surface area contributed by atoms with Gasteiger partial charge in [0.05, 0.1) is 0 Å². The van der Waals surface area contributed by atoms with E-state index in [0.29, 0.717) is 35.3 Å². The number of ether oxygens (including phenoxy) is 2. The van der Waals surface area contributed by atoms with E-state index in [2.05, 4.69) is 0 Å². The summed E-state index contributed by atoms with van der Waals surface area (Å²) in [5.41, 5.74) is 6.95. The predicted molar refractivity (Wildman–Crippen MR) is 68.1 cm³/mol. The summed E-state index contributed by atoms with van der Waals surface area (Å²) in [5.74, 6) is 0.640. The maximum Gasteiger partial charge on any atom is 0.175 e. The standard InChI is InChI=1S/C10H7B4NO2/c11-6-4-1-3(15)2-5(4)7(12)9-8(6)16-10(13,14)17-9/h3H,1-2,15H2. The second kappa shape index (κ2) is 3.29. The molecule has 3 nitrogen and oxygen atoms in total. The molecule has 2 N–H and O–H groups in total. The van der Waals surface area contributed by atoms with Crippen molar-refractivity contribution in [3.8, 4) is 11.5 Å². The Morgan fingerprint density at radius 2 is 1.41 bits per heavy atom. The summed E-state index contributed by atoms with van der Waals surface area (Å²) in [6.07, 6.45) is 1.34. The van der Waals surface area contributed by atoms with Crippen molar-refractivity contribution in [1.29, 1.82) is 0 Å². The van der Waals surface area contributed by atoms with Gasteiger partial charge in [-0.05, 0) is 34.9 Å². The molecule has 0 unspecified atom stereocenters. The third-order valence-corrected chi connectivity index (χ3v) is 3.17. The second-order valence-corrected chi connectivity index (χ2v) is 4.54. The van der Waals surface area contributed by atoms with Crippen LogP contribution in [0.15, 0.2) is 0 Å². The molecule has 7 heteroatoms. The fraction of sp³-hybridized carbons (Fsp3) is 0.400. The molecule has 0 fully saturated rings. The first-order valence-corrected chi connectivity index (χ1v) is 5.33. The van der Waals surface area contributed by atoms with Gasteiger partial charge in [0.1, 0.15) is 15.7 Å².